The lowest BCUT2D eigenvalue weighted by Crippen LogP contribution is -2.64. The lowest BCUT2D eigenvalue weighted by Gasteiger charge is -2.41. The van der Waals surface area contributed by atoms with Crippen molar-refractivity contribution in [1.82, 2.24) is 0 Å². The van der Waals surface area contributed by atoms with Gasteiger partial charge in [-0.15, -0.1) is 0 Å². The Morgan fingerprint density at radius 1 is 0.525 bits per heavy atom. The summed E-state index contributed by atoms with van der Waals surface area (Å²) in [5.74, 6) is -1.27. The van der Waals surface area contributed by atoms with Crippen LogP contribution in [0.15, 0.2) is 97.2 Å². The van der Waals surface area contributed by atoms with Crippen LogP contribution in [0.25, 0.3) is 0 Å². The quantitative estimate of drug-likeness (QED) is 0.0156. The normalized spacial score (nSPS) is 23.0. The van der Waals surface area contributed by atoms with Gasteiger partial charge in [0.15, 0.2) is 6.10 Å². The van der Waals surface area contributed by atoms with Gasteiger partial charge in [0.25, 0.3) is 0 Å². The summed E-state index contributed by atoms with van der Waals surface area (Å²) in [6.45, 7) is 2.96. The minimum atomic E-state index is -5.15. The highest BCUT2D eigenvalue weighted by molar-refractivity contribution is 7.47. The molecule has 1 fully saturated rings. The first-order chi connectivity index (χ1) is 29.4. The molecule has 0 saturated heterocycles. The molecule has 0 spiro atoms. The molecule has 1 rings (SSSR count). The molecule has 6 unspecified atom stereocenters. The number of carbonyl (C=O) groups excluding carboxylic acids is 2. The molecule has 0 bridgehead atoms. The summed E-state index contributed by atoms with van der Waals surface area (Å²) < 4.78 is 33.3. The van der Waals surface area contributed by atoms with Crippen LogP contribution in [-0.2, 0) is 32.7 Å². The van der Waals surface area contributed by atoms with Gasteiger partial charge >= 0.3 is 19.8 Å². The topological polar surface area (TPSA) is 210 Å². The number of rotatable bonds is 34. The lowest BCUT2D eigenvalue weighted by atomic mass is 9.85. The number of hydrogen-bond donors (Lipinski definition) is 6. The third kappa shape index (κ3) is 28.9. The molecule has 0 aliphatic heterocycles. The van der Waals surface area contributed by atoms with E-state index in [1.165, 1.54) is 0 Å². The number of unbranched alkanes of at least 4 members (excludes halogenated alkanes) is 7. The first-order valence-corrected chi connectivity index (χ1v) is 23.5. The van der Waals surface area contributed by atoms with E-state index in [9.17, 15) is 44.6 Å². The molecule has 1 aliphatic carbocycles. The summed E-state index contributed by atoms with van der Waals surface area (Å²) in [6, 6.07) is 0. The zero-order valence-corrected chi connectivity index (χ0v) is 37.3. The Bertz CT molecular complexity index is 1430. The lowest BCUT2D eigenvalue weighted by molar-refractivity contribution is -0.220. The number of carbonyl (C=O) groups is 2. The maximum atomic E-state index is 12.8. The summed E-state index contributed by atoms with van der Waals surface area (Å²) in [6.07, 6.45) is 34.9. The number of allylic oxidation sites excluding steroid dienone is 15. The Balaban J connectivity index is 2.55. The van der Waals surface area contributed by atoms with Crippen LogP contribution in [0.1, 0.15) is 129 Å². The van der Waals surface area contributed by atoms with Crippen LogP contribution in [0.3, 0.4) is 0 Å². The third-order valence-electron chi connectivity index (χ3n) is 9.45. The van der Waals surface area contributed by atoms with E-state index in [-0.39, 0.29) is 12.8 Å². The van der Waals surface area contributed by atoms with E-state index in [2.05, 4.69) is 86.8 Å². The number of ether oxygens (including phenoxy) is 2. The summed E-state index contributed by atoms with van der Waals surface area (Å²) in [5, 5.41) is 50.1. The summed E-state index contributed by atoms with van der Waals surface area (Å²) in [5.41, 5.74) is 0. The van der Waals surface area contributed by atoms with Gasteiger partial charge in [-0.25, -0.2) is 4.57 Å². The van der Waals surface area contributed by atoms with Crippen molar-refractivity contribution in [3.8, 4) is 0 Å². The molecule has 0 aromatic heterocycles. The molecule has 0 aromatic rings. The van der Waals surface area contributed by atoms with Gasteiger partial charge in [-0.3, -0.25) is 18.6 Å². The van der Waals surface area contributed by atoms with Crippen LogP contribution >= 0.6 is 7.82 Å². The molecule has 346 valence electrons. The maximum Gasteiger partial charge on any atom is 0.472 e. The van der Waals surface area contributed by atoms with Gasteiger partial charge < -0.3 is 39.9 Å². The number of hydrogen-bond acceptors (Lipinski definition) is 12. The summed E-state index contributed by atoms with van der Waals surface area (Å²) in [4.78, 5) is 35.6. The molecule has 13 nitrogen and oxygen atoms in total. The zero-order chi connectivity index (χ0) is 45.0. The molecule has 0 aromatic carbocycles. The van der Waals surface area contributed by atoms with Crippen LogP contribution < -0.4 is 0 Å². The van der Waals surface area contributed by atoms with Crippen molar-refractivity contribution in [2.45, 2.75) is 172 Å². The molecule has 0 amide bonds. The number of esters is 2. The molecule has 6 N–H and O–H groups in total. The van der Waals surface area contributed by atoms with Crippen LogP contribution in [0.5, 0.6) is 0 Å². The molecule has 6 atom stereocenters. The minimum Gasteiger partial charge on any atom is -0.462 e. The van der Waals surface area contributed by atoms with Gasteiger partial charge in [0.05, 0.1) is 13.0 Å². The second kappa shape index (κ2) is 36.3. The van der Waals surface area contributed by atoms with Gasteiger partial charge in [-0.2, -0.15) is 0 Å². The van der Waals surface area contributed by atoms with Gasteiger partial charge in [-0.05, 0) is 70.6 Å². The minimum absolute atomic E-state index is 0.130. The Labute approximate surface area is 364 Å². The van der Waals surface area contributed by atoms with Gasteiger partial charge in [0.1, 0.15) is 43.2 Å². The monoisotopic (exact) mass is 878 g/mol. The number of phosphoric ester groups is 1. The highest BCUT2D eigenvalue weighted by atomic mass is 31.2. The average molecular weight is 879 g/mol. The van der Waals surface area contributed by atoms with Crippen molar-refractivity contribution in [1.29, 1.82) is 0 Å². The van der Waals surface area contributed by atoms with E-state index in [4.69, 9.17) is 18.5 Å². The zero-order valence-electron chi connectivity index (χ0n) is 36.4. The number of aliphatic hydroxyl groups excluding tert-OH is 5. The molecule has 61 heavy (non-hydrogen) atoms. The third-order valence-corrected chi connectivity index (χ3v) is 10.4. The van der Waals surface area contributed by atoms with Crippen LogP contribution in [0.4, 0.5) is 0 Å². The predicted molar refractivity (Wildman–Crippen MR) is 239 cm³/mol. The summed E-state index contributed by atoms with van der Waals surface area (Å²) >= 11 is 0. The highest BCUT2D eigenvalue weighted by Gasteiger charge is 2.51. The van der Waals surface area contributed by atoms with Crippen molar-refractivity contribution >= 4 is 19.8 Å². The van der Waals surface area contributed by atoms with E-state index >= 15 is 0 Å². The number of phosphoric acid groups is 1. The van der Waals surface area contributed by atoms with Crippen molar-refractivity contribution in [2.24, 2.45) is 0 Å². The highest BCUT2D eigenvalue weighted by Crippen LogP contribution is 2.47. The molecular formula is C47H75O13P. The Kier molecular flexibility index (Phi) is 33.2. The molecule has 14 heteroatoms. The van der Waals surface area contributed by atoms with E-state index in [0.717, 1.165) is 89.9 Å². The predicted octanol–water partition coefficient (Wildman–Crippen LogP) is 8.27. The molecular weight excluding hydrogens is 803 g/mol. The smallest absolute Gasteiger partial charge is 0.462 e. The van der Waals surface area contributed by atoms with Gasteiger partial charge in [0, 0.05) is 6.42 Å². The Hall–Kier alpha value is -3.23. The molecule has 1 aliphatic rings. The van der Waals surface area contributed by atoms with E-state index in [1.54, 1.807) is 12.2 Å². The van der Waals surface area contributed by atoms with Gasteiger partial charge in [0.2, 0.25) is 0 Å². The van der Waals surface area contributed by atoms with Crippen molar-refractivity contribution in [2.75, 3.05) is 13.2 Å². The van der Waals surface area contributed by atoms with Crippen molar-refractivity contribution in [3.63, 3.8) is 0 Å². The number of aliphatic hydroxyl groups is 5. The van der Waals surface area contributed by atoms with Crippen LogP contribution in [-0.4, -0.2) is 98.3 Å². The fourth-order valence-corrected chi connectivity index (χ4v) is 6.94. The van der Waals surface area contributed by atoms with Crippen LogP contribution in [0.2, 0.25) is 0 Å². The SMILES string of the molecule is CC/C=C\C/C=C\C/C=C\C/C=C\C/C=C\CC(=O)OC(COC(=O)CCCCCCCCC/C=C\C/C=C\C/C=C\CC)COP(=O)(O)OC1C(O)C(O)C(O)C(O)C1O. The van der Waals surface area contributed by atoms with E-state index < -0.39 is 75.7 Å². The molecule has 0 heterocycles. The fraction of sp³-hybridized carbons (Fsp3) is 0.617. The van der Waals surface area contributed by atoms with Crippen LogP contribution in [0, 0.1) is 0 Å². The largest absolute Gasteiger partial charge is 0.472 e. The first-order valence-electron chi connectivity index (χ1n) is 22.0. The van der Waals surface area contributed by atoms with Gasteiger partial charge in [-0.1, -0.05) is 143 Å². The molecule has 1 saturated carbocycles. The fourth-order valence-electron chi connectivity index (χ4n) is 5.96. The van der Waals surface area contributed by atoms with E-state index in [1.807, 2.05) is 12.2 Å². The second-order valence-electron chi connectivity index (χ2n) is 14.8. The maximum absolute atomic E-state index is 12.8. The van der Waals surface area contributed by atoms with E-state index in [0.29, 0.717) is 12.8 Å². The standard InChI is InChI=1S/C47H75O13P/c1-3-5-7-9-11-13-15-17-19-20-22-23-25-27-29-31-33-35-40(48)57-37-39(38-58-61(55,56)60-47-45(53)43(51)42(50)44(52)46(47)54)59-41(49)36-34-32-30-28-26-24-21-18-16-14-12-10-8-6-4-2/h5-8,11-14,17-19,21,26,28,32,34,39,42-47,50-54H,3-4,9-10,15-16,20,22-25,27,29-31,33,35-38H2,1-2H3,(H,55,56)/b7-5-,8-6-,13-11-,14-12-,19-17-,21-18-,28-26-,34-32-. The summed E-state index contributed by atoms with van der Waals surface area (Å²) in [7, 11) is -5.15. The van der Waals surface area contributed by atoms with Crippen molar-refractivity contribution in [3.05, 3.63) is 97.2 Å². The first kappa shape index (κ1) is 55.8. The Morgan fingerprint density at radius 2 is 0.934 bits per heavy atom. The molecule has 0 radical (unpaired) electrons. The van der Waals surface area contributed by atoms with Crippen molar-refractivity contribution < 1.29 is 63.1 Å². The second-order valence-corrected chi connectivity index (χ2v) is 16.2. The Morgan fingerprint density at radius 3 is 1.43 bits per heavy atom. The average Bonchev–Trinajstić information content (AvgIpc) is 3.24.